The van der Waals surface area contributed by atoms with Crippen molar-refractivity contribution in [1.82, 2.24) is 0 Å². The molecule has 0 saturated carbocycles. The third-order valence-corrected chi connectivity index (χ3v) is 5.22. The monoisotopic (exact) mass is 447 g/mol. The number of hydrogen-bond acceptors (Lipinski definition) is 6. The van der Waals surface area contributed by atoms with Gasteiger partial charge in [-0.05, 0) is 35.9 Å². The van der Waals surface area contributed by atoms with Crippen LogP contribution in [-0.2, 0) is 20.7 Å². The molecule has 0 aliphatic carbocycles. The topological polar surface area (TPSA) is 77.4 Å². The Hall–Kier alpha value is -2.38. The Morgan fingerprint density at radius 1 is 1.25 bits per heavy atom. The van der Waals surface area contributed by atoms with Crippen molar-refractivity contribution in [2.45, 2.75) is 18.4 Å². The van der Waals surface area contributed by atoms with Crippen molar-refractivity contribution >= 4 is 27.8 Å². The molecule has 7 heteroatoms. The van der Waals surface area contributed by atoms with Gasteiger partial charge in [-0.25, -0.2) is 9.79 Å². The molecule has 0 radical (unpaired) electrons. The van der Waals surface area contributed by atoms with Crippen LogP contribution in [0.1, 0.15) is 17.5 Å². The highest BCUT2D eigenvalue weighted by molar-refractivity contribution is 9.10. The van der Waals surface area contributed by atoms with E-state index in [-0.39, 0.29) is 13.2 Å². The fourth-order valence-corrected chi connectivity index (χ4v) is 3.38. The number of carbonyl (C=O) groups excluding carboxylic acids is 1. The normalized spacial score (nSPS) is 18.3. The molecule has 1 heterocycles. The molecule has 1 aliphatic heterocycles. The molecule has 1 N–H and O–H groups in total. The van der Waals surface area contributed by atoms with Crippen molar-refractivity contribution in [3.8, 4) is 5.75 Å². The molecular formula is C21H22BrNO5. The number of esters is 1. The van der Waals surface area contributed by atoms with E-state index in [4.69, 9.17) is 19.3 Å². The van der Waals surface area contributed by atoms with E-state index in [0.717, 1.165) is 15.6 Å². The SMILES string of the molecule is COC(=O)[C@@]1(Cc2ccccc2Br)COC(c2ccc(OCCCO)cc2)=N1. The van der Waals surface area contributed by atoms with Gasteiger partial charge in [0.05, 0.1) is 13.7 Å². The standard InChI is InChI=1S/C21H22BrNO5/c1-26-20(25)21(13-16-5-2-3-6-18(16)22)14-28-19(23-21)15-7-9-17(10-8-15)27-12-4-11-24/h2-3,5-10,24H,4,11-14H2,1H3/t21-/m1/s1. The van der Waals surface area contributed by atoms with E-state index in [0.29, 0.717) is 31.1 Å². The minimum atomic E-state index is -1.12. The van der Waals surface area contributed by atoms with Gasteiger partial charge in [-0.15, -0.1) is 0 Å². The fraction of sp³-hybridized carbons (Fsp3) is 0.333. The molecule has 2 aromatic carbocycles. The second kappa shape index (κ2) is 9.21. The lowest BCUT2D eigenvalue weighted by Gasteiger charge is -2.21. The van der Waals surface area contributed by atoms with Gasteiger partial charge in [-0.2, -0.15) is 0 Å². The zero-order chi connectivity index (χ0) is 20.0. The average Bonchev–Trinajstić information content (AvgIpc) is 3.15. The van der Waals surface area contributed by atoms with E-state index in [2.05, 4.69) is 20.9 Å². The molecule has 0 unspecified atom stereocenters. The predicted molar refractivity (Wildman–Crippen MR) is 109 cm³/mol. The molecule has 28 heavy (non-hydrogen) atoms. The third-order valence-electron chi connectivity index (χ3n) is 4.44. The minimum absolute atomic E-state index is 0.0931. The summed E-state index contributed by atoms with van der Waals surface area (Å²) in [5, 5.41) is 8.82. The summed E-state index contributed by atoms with van der Waals surface area (Å²) in [6, 6.07) is 15.0. The van der Waals surface area contributed by atoms with Gasteiger partial charge in [-0.3, -0.25) is 0 Å². The second-order valence-corrected chi connectivity index (χ2v) is 7.30. The summed E-state index contributed by atoms with van der Waals surface area (Å²) in [5.41, 5.74) is 0.589. The largest absolute Gasteiger partial charge is 0.494 e. The molecule has 1 aliphatic rings. The summed E-state index contributed by atoms with van der Waals surface area (Å²) < 4.78 is 17.3. The third kappa shape index (κ3) is 4.54. The quantitative estimate of drug-likeness (QED) is 0.496. The van der Waals surface area contributed by atoms with Crippen LogP contribution in [0.2, 0.25) is 0 Å². The first-order valence-corrected chi connectivity index (χ1v) is 9.76. The Morgan fingerprint density at radius 3 is 2.68 bits per heavy atom. The van der Waals surface area contributed by atoms with Crippen molar-refractivity contribution in [1.29, 1.82) is 0 Å². The fourth-order valence-electron chi connectivity index (χ4n) is 2.96. The zero-order valence-electron chi connectivity index (χ0n) is 15.6. The molecular weight excluding hydrogens is 426 g/mol. The van der Waals surface area contributed by atoms with Gasteiger partial charge in [0.2, 0.25) is 5.90 Å². The van der Waals surface area contributed by atoms with Crippen LogP contribution in [0.25, 0.3) is 0 Å². The van der Waals surface area contributed by atoms with Crippen LogP contribution in [-0.4, -0.2) is 49.4 Å². The van der Waals surface area contributed by atoms with Crippen LogP contribution in [0, 0.1) is 0 Å². The molecule has 2 aromatic rings. The van der Waals surface area contributed by atoms with E-state index >= 15 is 0 Å². The Bertz CT molecular complexity index is 852. The van der Waals surface area contributed by atoms with Crippen LogP contribution in [0.4, 0.5) is 0 Å². The van der Waals surface area contributed by atoms with Crippen LogP contribution >= 0.6 is 15.9 Å². The van der Waals surface area contributed by atoms with Gasteiger partial charge in [0, 0.05) is 29.5 Å². The number of halogens is 1. The summed E-state index contributed by atoms with van der Waals surface area (Å²) >= 11 is 3.52. The zero-order valence-corrected chi connectivity index (χ0v) is 17.1. The molecule has 0 fully saturated rings. The highest BCUT2D eigenvalue weighted by atomic mass is 79.9. The molecule has 0 bridgehead atoms. The highest BCUT2D eigenvalue weighted by Gasteiger charge is 2.46. The van der Waals surface area contributed by atoms with Gasteiger partial charge in [0.1, 0.15) is 12.4 Å². The number of nitrogens with zero attached hydrogens (tertiary/aromatic N) is 1. The number of hydrogen-bond donors (Lipinski definition) is 1. The van der Waals surface area contributed by atoms with E-state index in [1.165, 1.54) is 7.11 Å². The number of aliphatic hydroxyl groups is 1. The lowest BCUT2D eigenvalue weighted by atomic mass is 9.92. The molecule has 0 spiro atoms. The maximum absolute atomic E-state index is 12.6. The van der Waals surface area contributed by atoms with Crippen LogP contribution in [0.3, 0.4) is 0 Å². The molecule has 0 aromatic heterocycles. The lowest BCUT2D eigenvalue weighted by molar-refractivity contribution is -0.147. The Kier molecular flexibility index (Phi) is 6.70. The maximum Gasteiger partial charge on any atom is 0.337 e. The van der Waals surface area contributed by atoms with Gasteiger partial charge in [0.15, 0.2) is 5.54 Å². The van der Waals surface area contributed by atoms with E-state index in [9.17, 15) is 4.79 Å². The summed E-state index contributed by atoms with van der Waals surface area (Å²) in [5.74, 6) is 0.671. The van der Waals surface area contributed by atoms with Gasteiger partial charge in [0.25, 0.3) is 0 Å². The van der Waals surface area contributed by atoms with Gasteiger partial charge < -0.3 is 19.3 Å². The first-order chi connectivity index (χ1) is 13.6. The van der Waals surface area contributed by atoms with Crippen molar-refractivity contribution in [3.05, 3.63) is 64.1 Å². The van der Waals surface area contributed by atoms with Crippen molar-refractivity contribution in [2.24, 2.45) is 4.99 Å². The summed E-state index contributed by atoms with van der Waals surface area (Å²) in [7, 11) is 1.36. The average molecular weight is 448 g/mol. The van der Waals surface area contributed by atoms with E-state index in [1.54, 1.807) is 0 Å². The smallest absolute Gasteiger partial charge is 0.337 e. The van der Waals surface area contributed by atoms with Gasteiger partial charge in [-0.1, -0.05) is 34.1 Å². The summed E-state index contributed by atoms with van der Waals surface area (Å²) in [6.45, 7) is 0.658. The summed E-state index contributed by atoms with van der Waals surface area (Å²) in [6.07, 6.45) is 0.946. The van der Waals surface area contributed by atoms with Crippen LogP contribution < -0.4 is 4.74 Å². The Labute approximate surface area is 172 Å². The lowest BCUT2D eigenvalue weighted by Crippen LogP contribution is -2.41. The number of benzene rings is 2. The molecule has 6 nitrogen and oxygen atoms in total. The van der Waals surface area contributed by atoms with Gasteiger partial charge >= 0.3 is 5.97 Å². The Balaban J connectivity index is 1.82. The maximum atomic E-state index is 12.6. The van der Waals surface area contributed by atoms with Crippen molar-refractivity contribution in [3.63, 3.8) is 0 Å². The van der Waals surface area contributed by atoms with Crippen molar-refractivity contribution in [2.75, 3.05) is 26.9 Å². The van der Waals surface area contributed by atoms with Crippen molar-refractivity contribution < 1.29 is 24.1 Å². The van der Waals surface area contributed by atoms with Crippen LogP contribution in [0.5, 0.6) is 5.75 Å². The molecule has 0 amide bonds. The Morgan fingerprint density at radius 2 is 2.00 bits per heavy atom. The number of aliphatic imine (C=N–C) groups is 1. The highest BCUT2D eigenvalue weighted by Crippen LogP contribution is 2.30. The number of methoxy groups -OCH3 is 1. The van der Waals surface area contributed by atoms with Crippen LogP contribution in [0.15, 0.2) is 58.0 Å². The minimum Gasteiger partial charge on any atom is -0.494 e. The first kappa shape index (κ1) is 20.4. The number of ether oxygens (including phenoxy) is 3. The molecule has 3 rings (SSSR count). The number of carbonyl (C=O) groups is 1. The summed E-state index contributed by atoms with van der Waals surface area (Å²) in [4.78, 5) is 17.2. The molecule has 0 saturated heterocycles. The molecule has 1 atom stereocenters. The van der Waals surface area contributed by atoms with E-state index in [1.807, 2.05) is 48.5 Å². The second-order valence-electron chi connectivity index (χ2n) is 6.45. The predicted octanol–water partition coefficient (Wildman–Crippen LogP) is 3.14. The first-order valence-electron chi connectivity index (χ1n) is 8.96. The van der Waals surface area contributed by atoms with E-state index < -0.39 is 11.5 Å². The number of rotatable bonds is 8. The number of aliphatic hydroxyl groups excluding tert-OH is 1. The molecule has 148 valence electrons.